The van der Waals surface area contributed by atoms with Crippen molar-refractivity contribution in [1.82, 2.24) is 4.98 Å². The molecule has 1 N–H and O–H groups in total. The van der Waals surface area contributed by atoms with Gasteiger partial charge < -0.3 is 5.32 Å². The zero-order valence-corrected chi connectivity index (χ0v) is 13.6. The number of anilines is 1. The van der Waals surface area contributed by atoms with Crippen LogP contribution in [0, 0.1) is 0 Å². The van der Waals surface area contributed by atoms with Crippen molar-refractivity contribution >= 4 is 34.8 Å². The molecule has 2 aromatic rings. The van der Waals surface area contributed by atoms with E-state index >= 15 is 0 Å². The van der Waals surface area contributed by atoms with E-state index in [-0.39, 0.29) is 27.2 Å². The van der Waals surface area contributed by atoms with Gasteiger partial charge in [-0.25, -0.2) is 4.98 Å². The molecule has 0 aliphatic carbocycles. The number of halogens is 2. The minimum absolute atomic E-state index is 0.0698. The zero-order chi connectivity index (χ0) is 15.6. The van der Waals surface area contributed by atoms with Gasteiger partial charge in [0.2, 0.25) is 0 Å². The number of carbonyl (C=O) groups excluding carboxylic acids is 1. The minimum atomic E-state index is -0.383. The van der Waals surface area contributed by atoms with Gasteiger partial charge in [-0.1, -0.05) is 56.1 Å². The predicted molar refractivity (Wildman–Crippen MR) is 87.4 cm³/mol. The number of nitrogens with zero attached hydrogens (tertiary/aromatic N) is 1. The van der Waals surface area contributed by atoms with Crippen LogP contribution in [0.15, 0.2) is 36.4 Å². The lowest BCUT2D eigenvalue weighted by Crippen LogP contribution is -2.15. The highest BCUT2D eigenvalue weighted by Gasteiger charge is 2.15. The molecular formula is C16H16Cl2N2O. The summed E-state index contributed by atoms with van der Waals surface area (Å²) >= 11 is 11.7. The third kappa shape index (κ3) is 3.96. The normalized spacial score (nSPS) is 11.3. The third-order valence-corrected chi connectivity index (χ3v) is 3.55. The van der Waals surface area contributed by atoms with Gasteiger partial charge in [-0.2, -0.15) is 0 Å². The Morgan fingerprint density at radius 3 is 2.24 bits per heavy atom. The van der Waals surface area contributed by atoms with Crippen LogP contribution in [-0.2, 0) is 5.41 Å². The van der Waals surface area contributed by atoms with Gasteiger partial charge in [0, 0.05) is 5.69 Å². The molecule has 21 heavy (non-hydrogen) atoms. The van der Waals surface area contributed by atoms with E-state index < -0.39 is 0 Å². The van der Waals surface area contributed by atoms with E-state index in [1.165, 1.54) is 5.56 Å². The molecule has 3 nitrogen and oxygen atoms in total. The highest BCUT2D eigenvalue weighted by atomic mass is 35.5. The number of nitrogens with one attached hydrogen (secondary N) is 1. The van der Waals surface area contributed by atoms with Crippen molar-refractivity contribution in [1.29, 1.82) is 0 Å². The van der Waals surface area contributed by atoms with Gasteiger partial charge in [-0.05, 0) is 35.2 Å². The van der Waals surface area contributed by atoms with E-state index in [2.05, 4.69) is 31.1 Å². The average molecular weight is 323 g/mol. The van der Waals surface area contributed by atoms with E-state index in [0.29, 0.717) is 5.69 Å². The molecule has 0 radical (unpaired) electrons. The van der Waals surface area contributed by atoms with Crippen molar-refractivity contribution in [2.75, 3.05) is 5.32 Å². The lowest BCUT2D eigenvalue weighted by Gasteiger charge is -2.19. The van der Waals surface area contributed by atoms with Crippen LogP contribution < -0.4 is 5.32 Å². The molecule has 0 spiro atoms. The highest BCUT2D eigenvalue weighted by molar-refractivity contribution is 6.35. The molecule has 0 aliphatic rings. The molecule has 1 heterocycles. The highest BCUT2D eigenvalue weighted by Crippen LogP contribution is 2.24. The number of pyridine rings is 1. The molecule has 0 unspecified atom stereocenters. The van der Waals surface area contributed by atoms with Gasteiger partial charge in [0.05, 0.1) is 5.02 Å². The molecule has 0 saturated heterocycles. The Hall–Kier alpha value is -1.58. The van der Waals surface area contributed by atoms with E-state index in [1.807, 2.05) is 24.3 Å². The summed E-state index contributed by atoms with van der Waals surface area (Å²) in [5, 5.41) is 3.26. The van der Waals surface area contributed by atoms with Gasteiger partial charge in [0.1, 0.15) is 10.8 Å². The molecule has 5 heteroatoms. The van der Waals surface area contributed by atoms with Gasteiger partial charge in [0.15, 0.2) is 0 Å². The number of hydrogen-bond acceptors (Lipinski definition) is 2. The van der Waals surface area contributed by atoms with Gasteiger partial charge in [-0.3, -0.25) is 4.79 Å². The smallest absolute Gasteiger partial charge is 0.275 e. The number of hydrogen-bond donors (Lipinski definition) is 1. The fourth-order valence-corrected chi connectivity index (χ4v) is 2.16. The maximum atomic E-state index is 12.2. The van der Waals surface area contributed by atoms with Crippen molar-refractivity contribution in [2.24, 2.45) is 0 Å². The first-order chi connectivity index (χ1) is 9.77. The van der Waals surface area contributed by atoms with Gasteiger partial charge >= 0.3 is 0 Å². The number of rotatable bonds is 2. The average Bonchev–Trinajstić information content (AvgIpc) is 2.41. The Balaban J connectivity index is 2.18. The van der Waals surface area contributed by atoms with Crippen LogP contribution in [0.25, 0.3) is 0 Å². The summed E-state index contributed by atoms with van der Waals surface area (Å²) in [4.78, 5) is 16.1. The first kappa shape index (κ1) is 15.8. The van der Waals surface area contributed by atoms with Crippen LogP contribution in [-0.4, -0.2) is 10.9 Å². The topological polar surface area (TPSA) is 42.0 Å². The fraction of sp³-hybridized carbons (Fsp3) is 0.250. The fourth-order valence-electron chi connectivity index (χ4n) is 1.82. The molecule has 0 bridgehead atoms. The maximum absolute atomic E-state index is 12.2. The predicted octanol–water partition coefficient (Wildman–Crippen LogP) is 4.94. The summed E-state index contributed by atoms with van der Waals surface area (Å²) in [5.74, 6) is -0.383. The Kier molecular flexibility index (Phi) is 4.55. The Labute approximate surface area is 134 Å². The lowest BCUT2D eigenvalue weighted by molar-refractivity contribution is 0.102. The molecule has 0 aliphatic heterocycles. The lowest BCUT2D eigenvalue weighted by atomic mass is 9.87. The monoisotopic (exact) mass is 322 g/mol. The van der Waals surface area contributed by atoms with Crippen molar-refractivity contribution in [3.05, 3.63) is 57.8 Å². The molecule has 1 amide bonds. The van der Waals surface area contributed by atoms with Crippen LogP contribution in [0.2, 0.25) is 10.2 Å². The third-order valence-electron chi connectivity index (χ3n) is 3.04. The molecule has 0 fully saturated rings. The van der Waals surface area contributed by atoms with E-state index in [9.17, 15) is 4.79 Å². The standard InChI is InChI=1S/C16H16Cl2N2O/c1-16(2,3)10-4-6-11(7-5-10)19-15(21)14-12(17)8-9-13(18)20-14/h4-9H,1-3H3,(H,19,21). The maximum Gasteiger partial charge on any atom is 0.275 e. The first-order valence-electron chi connectivity index (χ1n) is 6.51. The number of amides is 1. The minimum Gasteiger partial charge on any atom is -0.321 e. The summed E-state index contributed by atoms with van der Waals surface area (Å²) in [6.07, 6.45) is 0. The zero-order valence-electron chi connectivity index (χ0n) is 12.1. The molecule has 1 aromatic heterocycles. The summed E-state index contributed by atoms with van der Waals surface area (Å²) in [6, 6.07) is 10.8. The van der Waals surface area contributed by atoms with Gasteiger partial charge in [0.25, 0.3) is 5.91 Å². The molecule has 110 valence electrons. The van der Waals surface area contributed by atoms with Crippen molar-refractivity contribution in [2.45, 2.75) is 26.2 Å². The van der Waals surface area contributed by atoms with E-state index in [1.54, 1.807) is 12.1 Å². The second-order valence-corrected chi connectivity index (χ2v) is 6.54. The molecular weight excluding hydrogens is 307 g/mol. The summed E-state index contributed by atoms with van der Waals surface area (Å²) in [6.45, 7) is 6.41. The van der Waals surface area contributed by atoms with E-state index in [0.717, 1.165) is 0 Å². The number of benzene rings is 1. The van der Waals surface area contributed by atoms with Gasteiger partial charge in [-0.15, -0.1) is 0 Å². The summed E-state index contributed by atoms with van der Waals surface area (Å²) in [7, 11) is 0. The van der Waals surface area contributed by atoms with Crippen LogP contribution in [0.1, 0.15) is 36.8 Å². The molecule has 0 atom stereocenters. The van der Waals surface area contributed by atoms with Crippen molar-refractivity contribution in [3.8, 4) is 0 Å². The van der Waals surface area contributed by atoms with Crippen LogP contribution in [0.3, 0.4) is 0 Å². The molecule has 1 aromatic carbocycles. The SMILES string of the molecule is CC(C)(C)c1ccc(NC(=O)c2nc(Cl)ccc2Cl)cc1. The Bertz CT molecular complexity index is 661. The van der Waals surface area contributed by atoms with Crippen LogP contribution in [0.5, 0.6) is 0 Å². The molecule has 2 rings (SSSR count). The van der Waals surface area contributed by atoms with E-state index in [4.69, 9.17) is 23.2 Å². The number of aromatic nitrogens is 1. The Morgan fingerprint density at radius 1 is 1.05 bits per heavy atom. The van der Waals surface area contributed by atoms with Crippen LogP contribution in [0.4, 0.5) is 5.69 Å². The number of carbonyl (C=O) groups is 1. The van der Waals surface area contributed by atoms with Crippen molar-refractivity contribution < 1.29 is 4.79 Å². The Morgan fingerprint density at radius 2 is 1.67 bits per heavy atom. The second kappa shape index (κ2) is 6.04. The first-order valence-corrected chi connectivity index (χ1v) is 7.27. The summed E-state index contributed by atoms with van der Waals surface area (Å²) in [5.41, 5.74) is 2.06. The quantitative estimate of drug-likeness (QED) is 0.796. The molecule has 0 saturated carbocycles. The van der Waals surface area contributed by atoms with Crippen molar-refractivity contribution in [3.63, 3.8) is 0 Å². The second-order valence-electron chi connectivity index (χ2n) is 5.75. The summed E-state index contributed by atoms with van der Waals surface area (Å²) < 4.78 is 0. The largest absolute Gasteiger partial charge is 0.321 e. The van der Waals surface area contributed by atoms with Crippen LogP contribution >= 0.6 is 23.2 Å².